The lowest BCUT2D eigenvalue weighted by atomic mass is 10.1. The second-order valence-electron chi connectivity index (χ2n) is 9.00. The van der Waals surface area contributed by atoms with Crippen LogP contribution in [0.2, 0.25) is 0 Å². The summed E-state index contributed by atoms with van der Waals surface area (Å²) in [5.41, 5.74) is -3.51. The standard InChI is InChI=1S/C24H23F5N4O3/c1-3-17(24(27,28)29)30-22(35)14-11-33(19-15(25)5-4-6-16(19)26)21-13(20(14)34)7-8-18(31-21)32-10-9-23(2,36)12-32/h4-8,11,17,36H,3,9-10,12H2,1-2H3,(H,30,35). The zero-order valence-corrected chi connectivity index (χ0v) is 19.4. The van der Waals surface area contributed by atoms with Gasteiger partial charge in [0.2, 0.25) is 5.43 Å². The minimum absolute atomic E-state index is 0.201. The number of benzene rings is 1. The van der Waals surface area contributed by atoms with Crippen molar-refractivity contribution in [2.75, 3.05) is 18.0 Å². The molecule has 2 atom stereocenters. The molecule has 2 unspecified atom stereocenters. The molecule has 7 nitrogen and oxygen atoms in total. The zero-order valence-electron chi connectivity index (χ0n) is 19.4. The SMILES string of the molecule is CCC(NC(=O)c1cn(-c2c(F)cccc2F)c2nc(N3CCC(C)(O)C3)ccc2c1=O)C(F)(F)F. The molecule has 0 spiro atoms. The molecule has 3 aromatic rings. The number of rotatable bonds is 5. The van der Waals surface area contributed by atoms with Crippen LogP contribution in [0.3, 0.4) is 0 Å². The number of carbonyl (C=O) groups is 1. The van der Waals surface area contributed by atoms with Crippen molar-refractivity contribution in [1.82, 2.24) is 14.9 Å². The molecule has 1 aliphatic heterocycles. The van der Waals surface area contributed by atoms with Crippen LogP contribution >= 0.6 is 0 Å². The van der Waals surface area contributed by atoms with Gasteiger partial charge in [-0.1, -0.05) is 13.0 Å². The smallest absolute Gasteiger partial charge is 0.388 e. The summed E-state index contributed by atoms with van der Waals surface area (Å²) in [6.07, 6.45) is -4.01. The van der Waals surface area contributed by atoms with Gasteiger partial charge < -0.3 is 15.3 Å². The highest BCUT2D eigenvalue weighted by Gasteiger charge is 2.40. The molecular formula is C24H23F5N4O3. The number of carbonyl (C=O) groups excluding carboxylic acids is 1. The van der Waals surface area contributed by atoms with Crippen molar-refractivity contribution in [2.45, 2.75) is 44.5 Å². The molecule has 3 heterocycles. The molecule has 192 valence electrons. The highest BCUT2D eigenvalue weighted by Crippen LogP contribution is 2.28. The molecule has 0 bridgehead atoms. The summed E-state index contributed by atoms with van der Waals surface area (Å²) in [5.74, 6) is -3.10. The van der Waals surface area contributed by atoms with Gasteiger partial charge in [0, 0.05) is 19.3 Å². The average Bonchev–Trinajstić information content (AvgIpc) is 3.17. The van der Waals surface area contributed by atoms with Gasteiger partial charge in [-0.15, -0.1) is 0 Å². The number of hydrogen-bond acceptors (Lipinski definition) is 5. The lowest BCUT2D eigenvalue weighted by molar-refractivity contribution is -0.153. The van der Waals surface area contributed by atoms with E-state index in [0.29, 0.717) is 18.8 Å². The van der Waals surface area contributed by atoms with E-state index in [0.717, 1.165) is 29.0 Å². The Hall–Kier alpha value is -3.54. The number of para-hydroxylation sites is 1. The molecule has 0 aliphatic carbocycles. The first-order valence-electron chi connectivity index (χ1n) is 11.2. The number of aliphatic hydroxyl groups is 1. The first-order chi connectivity index (χ1) is 16.8. The molecule has 2 aromatic heterocycles. The third-order valence-corrected chi connectivity index (χ3v) is 6.14. The van der Waals surface area contributed by atoms with Crippen molar-refractivity contribution in [3.8, 4) is 5.69 Å². The van der Waals surface area contributed by atoms with Gasteiger partial charge in [0.25, 0.3) is 5.91 Å². The van der Waals surface area contributed by atoms with E-state index in [1.807, 2.05) is 0 Å². The Labute approximate surface area is 202 Å². The number of nitrogens with one attached hydrogen (secondary N) is 1. The predicted molar refractivity (Wildman–Crippen MR) is 122 cm³/mol. The van der Waals surface area contributed by atoms with Crippen LogP contribution in [0.5, 0.6) is 0 Å². The van der Waals surface area contributed by atoms with Crippen LogP contribution in [-0.4, -0.2) is 51.5 Å². The van der Waals surface area contributed by atoms with E-state index in [9.17, 15) is 36.6 Å². The Kier molecular flexibility index (Phi) is 6.50. The van der Waals surface area contributed by atoms with E-state index in [2.05, 4.69) is 4.98 Å². The zero-order chi connectivity index (χ0) is 26.4. The van der Waals surface area contributed by atoms with Crippen LogP contribution < -0.4 is 15.6 Å². The Balaban J connectivity index is 1.92. The van der Waals surface area contributed by atoms with Crippen molar-refractivity contribution in [3.05, 3.63) is 63.9 Å². The Morgan fingerprint density at radius 1 is 1.22 bits per heavy atom. The van der Waals surface area contributed by atoms with E-state index < -0.39 is 58.5 Å². The number of halogens is 5. The highest BCUT2D eigenvalue weighted by atomic mass is 19.4. The maximum Gasteiger partial charge on any atom is 0.408 e. The molecule has 36 heavy (non-hydrogen) atoms. The molecule has 0 radical (unpaired) electrons. The molecule has 0 saturated carbocycles. The first-order valence-corrected chi connectivity index (χ1v) is 11.2. The number of hydrogen-bond donors (Lipinski definition) is 2. The van der Waals surface area contributed by atoms with Gasteiger partial charge in [0.1, 0.15) is 34.7 Å². The van der Waals surface area contributed by atoms with Gasteiger partial charge in [-0.05, 0) is 44.0 Å². The van der Waals surface area contributed by atoms with Gasteiger partial charge in [0.05, 0.1) is 11.0 Å². The van der Waals surface area contributed by atoms with Gasteiger partial charge >= 0.3 is 6.18 Å². The molecule has 1 aromatic carbocycles. The van der Waals surface area contributed by atoms with Crippen molar-refractivity contribution >= 4 is 22.8 Å². The van der Waals surface area contributed by atoms with E-state index >= 15 is 0 Å². The van der Waals surface area contributed by atoms with Crippen LogP contribution in [-0.2, 0) is 0 Å². The largest absolute Gasteiger partial charge is 0.408 e. The van der Waals surface area contributed by atoms with Crippen LogP contribution in [0, 0.1) is 11.6 Å². The van der Waals surface area contributed by atoms with E-state index in [1.54, 1.807) is 17.1 Å². The number of alkyl halides is 3. The monoisotopic (exact) mass is 510 g/mol. The number of fused-ring (bicyclic) bond motifs is 1. The Morgan fingerprint density at radius 2 is 1.89 bits per heavy atom. The minimum Gasteiger partial charge on any atom is -0.388 e. The molecule has 1 amide bonds. The second-order valence-corrected chi connectivity index (χ2v) is 9.00. The number of aromatic nitrogens is 2. The quantitative estimate of drug-likeness (QED) is 0.512. The van der Waals surface area contributed by atoms with E-state index in [1.165, 1.54) is 19.1 Å². The molecule has 2 N–H and O–H groups in total. The summed E-state index contributed by atoms with van der Waals surface area (Å²) in [5, 5.41) is 11.8. The van der Waals surface area contributed by atoms with E-state index in [-0.39, 0.29) is 17.6 Å². The van der Waals surface area contributed by atoms with Gasteiger partial charge in [0.15, 0.2) is 5.65 Å². The lowest BCUT2D eigenvalue weighted by Gasteiger charge is -2.22. The normalized spacial score (nSPS) is 19.1. The summed E-state index contributed by atoms with van der Waals surface area (Å²) < 4.78 is 70.0. The summed E-state index contributed by atoms with van der Waals surface area (Å²) in [7, 11) is 0. The van der Waals surface area contributed by atoms with Crippen molar-refractivity contribution in [1.29, 1.82) is 0 Å². The lowest BCUT2D eigenvalue weighted by Crippen LogP contribution is -2.46. The topological polar surface area (TPSA) is 87.5 Å². The fraction of sp³-hybridized carbons (Fsp3) is 0.375. The van der Waals surface area contributed by atoms with Crippen LogP contribution in [0.4, 0.5) is 27.8 Å². The second kappa shape index (κ2) is 9.16. The summed E-state index contributed by atoms with van der Waals surface area (Å²) in [6, 6.07) is 3.55. The Bertz CT molecular complexity index is 1370. The maximum absolute atomic E-state index is 14.8. The van der Waals surface area contributed by atoms with E-state index in [4.69, 9.17) is 0 Å². The third-order valence-electron chi connectivity index (χ3n) is 6.14. The third kappa shape index (κ3) is 4.77. The number of amides is 1. The summed E-state index contributed by atoms with van der Waals surface area (Å²) in [4.78, 5) is 32.0. The number of pyridine rings is 2. The Morgan fingerprint density at radius 3 is 2.44 bits per heavy atom. The molecule has 12 heteroatoms. The van der Waals surface area contributed by atoms with Gasteiger partial charge in [-0.2, -0.15) is 13.2 Å². The van der Waals surface area contributed by atoms with Crippen molar-refractivity contribution in [2.24, 2.45) is 0 Å². The van der Waals surface area contributed by atoms with Crippen LogP contribution in [0.25, 0.3) is 16.7 Å². The highest BCUT2D eigenvalue weighted by molar-refractivity contribution is 5.97. The number of β-amino-alcohol motifs (C(OH)–C–C–N with tert-alkyl or cyclic N) is 1. The minimum atomic E-state index is -4.76. The fourth-order valence-corrected chi connectivity index (χ4v) is 4.21. The maximum atomic E-state index is 14.8. The molecule has 1 aliphatic rings. The van der Waals surface area contributed by atoms with Crippen molar-refractivity contribution in [3.63, 3.8) is 0 Å². The molecule has 4 rings (SSSR count). The molecule has 1 saturated heterocycles. The van der Waals surface area contributed by atoms with Crippen LogP contribution in [0.1, 0.15) is 37.0 Å². The van der Waals surface area contributed by atoms with Gasteiger partial charge in [-0.25, -0.2) is 13.8 Å². The molecule has 1 fully saturated rings. The number of anilines is 1. The van der Waals surface area contributed by atoms with Crippen LogP contribution in [0.15, 0.2) is 41.3 Å². The summed E-state index contributed by atoms with van der Waals surface area (Å²) >= 11 is 0. The van der Waals surface area contributed by atoms with Gasteiger partial charge in [-0.3, -0.25) is 14.2 Å². The summed E-state index contributed by atoms with van der Waals surface area (Å²) in [6.45, 7) is 3.52. The first kappa shape index (κ1) is 25.5. The van der Waals surface area contributed by atoms with Crippen molar-refractivity contribution < 1.29 is 31.9 Å². The fourth-order valence-electron chi connectivity index (χ4n) is 4.21. The number of nitrogens with zero attached hydrogens (tertiary/aromatic N) is 3. The predicted octanol–water partition coefficient (Wildman–Crippen LogP) is 3.70. The molecular weight excluding hydrogens is 487 g/mol. The average molecular weight is 510 g/mol.